The lowest BCUT2D eigenvalue weighted by Crippen LogP contribution is -2.49. The van der Waals surface area contributed by atoms with E-state index in [1.807, 2.05) is 23.1 Å². The molecular formula is C18H19Cl2N3O2. The second-order valence-corrected chi connectivity index (χ2v) is 6.69. The molecule has 1 aliphatic heterocycles. The Labute approximate surface area is 157 Å². The van der Waals surface area contributed by atoms with Crippen molar-refractivity contribution in [1.29, 1.82) is 0 Å². The molecule has 7 heteroatoms. The molecule has 3 rings (SSSR count). The summed E-state index contributed by atoms with van der Waals surface area (Å²) < 4.78 is 5.52. The molecule has 1 aliphatic rings. The van der Waals surface area contributed by atoms with Gasteiger partial charge in [0.05, 0.1) is 10.7 Å². The van der Waals surface area contributed by atoms with Crippen LogP contribution in [0.1, 0.15) is 5.69 Å². The topological polar surface area (TPSA) is 45.7 Å². The Bertz CT molecular complexity index is 720. The van der Waals surface area contributed by atoms with E-state index in [4.69, 9.17) is 27.9 Å². The van der Waals surface area contributed by atoms with Crippen LogP contribution < -0.4 is 4.74 Å². The first kappa shape index (κ1) is 18.0. The Morgan fingerprint density at radius 1 is 1.12 bits per heavy atom. The molecule has 0 aliphatic carbocycles. The summed E-state index contributed by atoms with van der Waals surface area (Å²) >= 11 is 11.9. The number of pyridine rings is 1. The molecule has 2 aromatic rings. The molecule has 1 aromatic carbocycles. The number of hydrogen-bond donors (Lipinski definition) is 0. The summed E-state index contributed by atoms with van der Waals surface area (Å²) in [5, 5.41) is 0.938. The molecule has 5 nitrogen and oxygen atoms in total. The smallest absolute Gasteiger partial charge is 0.260 e. The summed E-state index contributed by atoms with van der Waals surface area (Å²) in [6.45, 7) is 3.79. The van der Waals surface area contributed by atoms with Crippen molar-refractivity contribution in [2.75, 3.05) is 32.8 Å². The number of hydrogen-bond acceptors (Lipinski definition) is 4. The number of amides is 1. The van der Waals surface area contributed by atoms with E-state index in [9.17, 15) is 4.79 Å². The third-order valence-electron chi connectivity index (χ3n) is 4.08. The predicted octanol–water partition coefficient (Wildman–Crippen LogP) is 3.11. The van der Waals surface area contributed by atoms with Crippen molar-refractivity contribution in [2.24, 2.45) is 0 Å². The van der Waals surface area contributed by atoms with Crippen LogP contribution in [0.3, 0.4) is 0 Å². The summed E-state index contributed by atoms with van der Waals surface area (Å²) in [5.41, 5.74) is 1.04. The normalized spacial score (nSPS) is 15.2. The van der Waals surface area contributed by atoms with E-state index in [2.05, 4.69) is 9.88 Å². The summed E-state index contributed by atoms with van der Waals surface area (Å²) in [7, 11) is 0. The molecule has 2 heterocycles. The van der Waals surface area contributed by atoms with Gasteiger partial charge in [0.2, 0.25) is 0 Å². The summed E-state index contributed by atoms with van der Waals surface area (Å²) in [6, 6.07) is 10.9. The predicted molar refractivity (Wildman–Crippen MR) is 98.1 cm³/mol. The van der Waals surface area contributed by atoms with Crippen LogP contribution in [0.2, 0.25) is 10.0 Å². The third kappa shape index (κ3) is 5.08. The first-order valence-electron chi connectivity index (χ1n) is 8.10. The molecule has 0 bridgehead atoms. The number of carbonyl (C=O) groups excluding carboxylic acids is 1. The second kappa shape index (κ2) is 8.52. The van der Waals surface area contributed by atoms with E-state index in [0.29, 0.717) is 28.9 Å². The number of piperazine rings is 1. The number of carbonyl (C=O) groups is 1. The van der Waals surface area contributed by atoms with Crippen LogP contribution in [0.5, 0.6) is 5.75 Å². The molecule has 1 aromatic heterocycles. The van der Waals surface area contributed by atoms with Gasteiger partial charge in [-0.2, -0.15) is 0 Å². The van der Waals surface area contributed by atoms with Crippen molar-refractivity contribution >= 4 is 29.1 Å². The number of aromatic nitrogens is 1. The van der Waals surface area contributed by atoms with Crippen LogP contribution in [-0.2, 0) is 11.3 Å². The maximum absolute atomic E-state index is 12.3. The molecule has 1 fully saturated rings. The van der Waals surface area contributed by atoms with Gasteiger partial charge in [-0.15, -0.1) is 0 Å². The maximum atomic E-state index is 12.3. The van der Waals surface area contributed by atoms with Gasteiger partial charge in [0.25, 0.3) is 5.91 Å². The number of nitrogens with zero attached hydrogens (tertiary/aromatic N) is 3. The van der Waals surface area contributed by atoms with Crippen molar-refractivity contribution < 1.29 is 9.53 Å². The van der Waals surface area contributed by atoms with Crippen molar-refractivity contribution in [2.45, 2.75) is 6.54 Å². The van der Waals surface area contributed by atoms with Crippen LogP contribution in [0, 0.1) is 0 Å². The van der Waals surface area contributed by atoms with Gasteiger partial charge in [0.15, 0.2) is 6.61 Å². The highest BCUT2D eigenvalue weighted by Crippen LogP contribution is 2.27. The second-order valence-electron chi connectivity index (χ2n) is 5.84. The van der Waals surface area contributed by atoms with Crippen LogP contribution >= 0.6 is 23.2 Å². The fourth-order valence-corrected chi connectivity index (χ4v) is 3.16. The Morgan fingerprint density at radius 3 is 2.60 bits per heavy atom. The Morgan fingerprint density at radius 2 is 1.92 bits per heavy atom. The zero-order valence-electron chi connectivity index (χ0n) is 13.7. The van der Waals surface area contributed by atoms with Crippen molar-refractivity contribution in [3.05, 3.63) is 58.3 Å². The Kier molecular flexibility index (Phi) is 6.13. The summed E-state index contributed by atoms with van der Waals surface area (Å²) in [4.78, 5) is 20.8. The minimum absolute atomic E-state index is 0.0262. The lowest BCUT2D eigenvalue weighted by Gasteiger charge is -2.34. The molecule has 0 saturated carbocycles. The van der Waals surface area contributed by atoms with E-state index in [0.717, 1.165) is 25.3 Å². The SMILES string of the molecule is O=C(COc1ccc(Cl)cc1Cl)N1CCN(Cc2ccccn2)CC1. The van der Waals surface area contributed by atoms with Gasteiger partial charge in [-0.25, -0.2) is 0 Å². The molecule has 25 heavy (non-hydrogen) atoms. The average molecular weight is 380 g/mol. The van der Waals surface area contributed by atoms with Crippen LogP contribution in [-0.4, -0.2) is 53.5 Å². The van der Waals surface area contributed by atoms with Crippen molar-refractivity contribution in [3.63, 3.8) is 0 Å². The van der Waals surface area contributed by atoms with Crippen LogP contribution in [0.25, 0.3) is 0 Å². The van der Waals surface area contributed by atoms with Crippen molar-refractivity contribution in [1.82, 2.24) is 14.8 Å². The van der Waals surface area contributed by atoms with E-state index in [1.54, 1.807) is 24.4 Å². The van der Waals surface area contributed by atoms with E-state index in [-0.39, 0.29) is 12.5 Å². The molecular weight excluding hydrogens is 361 g/mol. The largest absolute Gasteiger partial charge is 0.482 e. The molecule has 0 atom stereocenters. The van der Waals surface area contributed by atoms with Gasteiger partial charge < -0.3 is 9.64 Å². The fourth-order valence-electron chi connectivity index (χ4n) is 2.70. The highest BCUT2D eigenvalue weighted by atomic mass is 35.5. The monoisotopic (exact) mass is 379 g/mol. The number of rotatable bonds is 5. The zero-order valence-corrected chi connectivity index (χ0v) is 15.2. The van der Waals surface area contributed by atoms with Crippen LogP contribution in [0.15, 0.2) is 42.6 Å². The van der Waals surface area contributed by atoms with Gasteiger partial charge in [-0.3, -0.25) is 14.7 Å². The molecule has 1 saturated heterocycles. The highest BCUT2D eigenvalue weighted by Gasteiger charge is 2.21. The van der Waals surface area contributed by atoms with E-state index >= 15 is 0 Å². The Balaban J connectivity index is 1.45. The van der Waals surface area contributed by atoms with Crippen LogP contribution in [0.4, 0.5) is 0 Å². The number of halogens is 2. The quantitative estimate of drug-likeness (QED) is 0.800. The highest BCUT2D eigenvalue weighted by molar-refractivity contribution is 6.35. The summed E-state index contributed by atoms with van der Waals surface area (Å²) in [6.07, 6.45) is 1.80. The van der Waals surface area contributed by atoms with E-state index in [1.165, 1.54) is 0 Å². The first-order chi connectivity index (χ1) is 12.1. The minimum Gasteiger partial charge on any atom is -0.482 e. The van der Waals surface area contributed by atoms with E-state index < -0.39 is 0 Å². The average Bonchev–Trinajstić information content (AvgIpc) is 2.62. The van der Waals surface area contributed by atoms with Crippen molar-refractivity contribution in [3.8, 4) is 5.75 Å². The third-order valence-corrected chi connectivity index (χ3v) is 4.61. The molecule has 132 valence electrons. The maximum Gasteiger partial charge on any atom is 0.260 e. The van der Waals surface area contributed by atoms with Gasteiger partial charge in [0.1, 0.15) is 5.75 Å². The minimum atomic E-state index is -0.0384. The van der Waals surface area contributed by atoms with Gasteiger partial charge in [-0.1, -0.05) is 29.3 Å². The first-order valence-corrected chi connectivity index (χ1v) is 8.85. The van der Waals surface area contributed by atoms with Gasteiger partial charge in [0, 0.05) is 43.9 Å². The standard InChI is InChI=1S/C18H19Cl2N3O2/c19-14-4-5-17(16(20)11-14)25-13-18(24)23-9-7-22(8-10-23)12-15-3-1-2-6-21-15/h1-6,11H,7-10,12-13H2. The van der Waals surface area contributed by atoms with Gasteiger partial charge in [-0.05, 0) is 30.3 Å². The fraction of sp³-hybridized carbons (Fsp3) is 0.333. The lowest BCUT2D eigenvalue weighted by atomic mass is 10.2. The Hall–Kier alpha value is -1.82. The molecule has 1 amide bonds. The zero-order chi connectivity index (χ0) is 17.6. The lowest BCUT2D eigenvalue weighted by molar-refractivity contribution is -0.135. The molecule has 0 spiro atoms. The number of ether oxygens (including phenoxy) is 1. The molecule has 0 N–H and O–H groups in total. The van der Waals surface area contributed by atoms with Gasteiger partial charge >= 0.3 is 0 Å². The molecule has 0 unspecified atom stereocenters. The summed E-state index contributed by atoms with van der Waals surface area (Å²) in [5.74, 6) is 0.428. The molecule has 0 radical (unpaired) electrons. The number of benzene rings is 1.